The number of ether oxygens (including phenoxy) is 2. The zero-order valence-electron chi connectivity index (χ0n) is 22.5. The number of nitrogens with one attached hydrogen (secondary N) is 1. The van der Waals surface area contributed by atoms with Crippen LogP contribution in [0.25, 0.3) is 0 Å². The molecule has 3 rings (SSSR count). The second kappa shape index (κ2) is 12.3. The maximum absolute atomic E-state index is 13.9. The van der Waals surface area contributed by atoms with Crippen LogP contribution in [0.3, 0.4) is 0 Å². The summed E-state index contributed by atoms with van der Waals surface area (Å²) in [6, 6.07) is 11.0. The van der Waals surface area contributed by atoms with Crippen molar-refractivity contribution in [1.82, 2.24) is 10.2 Å². The molecule has 208 valence electrons. The summed E-state index contributed by atoms with van der Waals surface area (Å²) in [5, 5.41) is 3.38. The van der Waals surface area contributed by atoms with Crippen LogP contribution in [0.2, 0.25) is 5.02 Å². The van der Waals surface area contributed by atoms with Crippen LogP contribution < -0.4 is 19.1 Å². The molecule has 11 heteroatoms. The molecule has 9 nitrogen and oxygen atoms in total. The maximum Gasteiger partial charge on any atom is 0.244 e. The molecule has 0 saturated heterocycles. The molecule has 0 spiro atoms. The summed E-state index contributed by atoms with van der Waals surface area (Å²) in [7, 11) is -3.87. The fourth-order valence-corrected chi connectivity index (χ4v) is 5.34. The Hall–Kier alpha value is -2.98. The Kier molecular flexibility index (Phi) is 9.54. The first-order valence-corrected chi connectivity index (χ1v) is 14.6. The van der Waals surface area contributed by atoms with E-state index < -0.39 is 34.1 Å². The number of fused-ring (bicyclic) bond motifs is 1. The Balaban J connectivity index is 2.01. The van der Waals surface area contributed by atoms with Crippen molar-refractivity contribution in [3.63, 3.8) is 0 Å². The third-order valence-electron chi connectivity index (χ3n) is 5.98. The number of benzene rings is 2. The van der Waals surface area contributed by atoms with E-state index in [0.717, 1.165) is 4.31 Å². The van der Waals surface area contributed by atoms with Gasteiger partial charge in [0.15, 0.2) is 11.5 Å². The number of rotatable bonds is 10. The van der Waals surface area contributed by atoms with E-state index in [2.05, 4.69) is 5.32 Å². The van der Waals surface area contributed by atoms with Crippen LogP contribution >= 0.6 is 11.6 Å². The van der Waals surface area contributed by atoms with Crippen LogP contribution in [-0.4, -0.2) is 62.2 Å². The smallest absolute Gasteiger partial charge is 0.244 e. The van der Waals surface area contributed by atoms with E-state index in [9.17, 15) is 18.0 Å². The van der Waals surface area contributed by atoms with Crippen LogP contribution in [0.1, 0.15) is 46.6 Å². The first-order valence-electron chi connectivity index (χ1n) is 12.6. The zero-order valence-corrected chi connectivity index (χ0v) is 24.1. The van der Waals surface area contributed by atoms with Gasteiger partial charge >= 0.3 is 0 Å². The molecular formula is C27H36ClN3O6S. The van der Waals surface area contributed by atoms with Gasteiger partial charge in [0.2, 0.25) is 21.8 Å². The monoisotopic (exact) mass is 565 g/mol. The van der Waals surface area contributed by atoms with Crippen LogP contribution in [-0.2, 0) is 26.2 Å². The minimum absolute atomic E-state index is 0.0374. The van der Waals surface area contributed by atoms with Crippen molar-refractivity contribution in [3.8, 4) is 11.5 Å². The van der Waals surface area contributed by atoms with Gasteiger partial charge in [0, 0.05) is 23.2 Å². The number of nitrogens with zero attached hydrogens (tertiary/aromatic N) is 2. The molecule has 1 N–H and O–H groups in total. The van der Waals surface area contributed by atoms with Crippen molar-refractivity contribution >= 4 is 39.1 Å². The number of sulfonamides is 1. The fourth-order valence-electron chi connectivity index (χ4n) is 4.09. The second-order valence-electron chi connectivity index (χ2n) is 10.0. The van der Waals surface area contributed by atoms with Gasteiger partial charge < -0.3 is 19.7 Å². The summed E-state index contributed by atoms with van der Waals surface area (Å²) in [4.78, 5) is 28.6. The minimum Gasteiger partial charge on any atom is -0.486 e. The van der Waals surface area contributed by atoms with E-state index in [1.807, 2.05) is 20.8 Å². The highest BCUT2D eigenvalue weighted by molar-refractivity contribution is 7.92. The number of halogens is 1. The van der Waals surface area contributed by atoms with Crippen molar-refractivity contribution in [3.05, 3.63) is 53.1 Å². The molecule has 2 aromatic carbocycles. The van der Waals surface area contributed by atoms with Crippen molar-refractivity contribution in [2.24, 2.45) is 0 Å². The molecular weight excluding hydrogens is 530 g/mol. The molecule has 2 aromatic rings. The van der Waals surface area contributed by atoms with Gasteiger partial charge in [-0.3, -0.25) is 13.9 Å². The molecule has 1 heterocycles. The lowest BCUT2D eigenvalue weighted by molar-refractivity contribution is -0.141. The molecule has 0 bridgehead atoms. The molecule has 0 aromatic heterocycles. The van der Waals surface area contributed by atoms with Gasteiger partial charge in [0.05, 0.1) is 11.4 Å². The standard InChI is InChI=1S/C27H36ClN3O6S/c1-6-22(26(33)29-27(3,4)5)30(17-19-10-8-9-11-21(19)28)25(32)18-31(38(34,35)7-2)20-12-13-23-24(16-20)37-15-14-36-23/h8-13,16,22H,6-7,14-15,17-18H2,1-5H3,(H,29,33). The molecule has 38 heavy (non-hydrogen) atoms. The topological polar surface area (TPSA) is 105 Å². The molecule has 1 aliphatic rings. The molecule has 2 amide bonds. The highest BCUT2D eigenvalue weighted by Gasteiger charge is 2.34. The molecule has 0 fully saturated rings. The third kappa shape index (κ3) is 7.32. The molecule has 1 unspecified atom stereocenters. The van der Waals surface area contributed by atoms with E-state index in [0.29, 0.717) is 41.7 Å². The number of anilines is 1. The zero-order chi connectivity index (χ0) is 28.1. The highest BCUT2D eigenvalue weighted by Crippen LogP contribution is 2.35. The van der Waals surface area contributed by atoms with Crippen LogP contribution in [0, 0.1) is 0 Å². The average molecular weight is 566 g/mol. The summed E-state index contributed by atoms with van der Waals surface area (Å²) in [6.45, 7) is 9.16. The molecule has 0 saturated carbocycles. The third-order valence-corrected chi connectivity index (χ3v) is 8.09. The number of hydrogen-bond donors (Lipinski definition) is 1. The lowest BCUT2D eigenvalue weighted by Gasteiger charge is -2.35. The van der Waals surface area contributed by atoms with Gasteiger partial charge in [-0.2, -0.15) is 0 Å². The first kappa shape index (κ1) is 29.6. The molecule has 1 atom stereocenters. The Morgan fingerprint density at radius 3 is 2.32 bits per heavy atom. The molecule has 0 radical (unpaired) electrons. The second-order valence-corrected chi connectivity index (χ2v) is 12.6. The fraction of sp³-hybridized carbons (Fsp3) is 0.481. The first-order chi connectivity index (χ1) is 17.9. The summed E-state index contributed by atoms with van der Waals surface area (Å²) in [5.41, 5.74) is 0.398. The number of carbonyl (C=O) groups is 2. The van der Waals surface area contributed by atoms with Gasteiger partial charge in [0.1, 0.15) is 25.8 Å². The average Bonchev–Trinajstić information content (AvgIpc) is 2.86. The van der Waals surface area contributed by atoms with E-state index >= 15 is 0 Å². The van der Waals surface area contributed by atoms with E-state index in [1.165, 1.54) is 11.8 Å². The number of amides is 2. The summed E-state index contributed by atoms with van der Waals surface area (Å²) in [6.07, 6.45) is 0.322. The van der Waals surface area contributed by atoms with Gasteiger partial charge in [0.25, 0.3) is 0 Å². The Bertz CT molecular complexity index is 1260. The minimum atomic E-state index is -3.87. The predicted molar refractivity (Wildman–Crippen MR) is 148 cm³/mol. The SMILES string of the molecule is CCC(C(=O)NC(C)(C)C)N(Cc1ccccc1Cl)C(=O)CN(c1ccc2c(c1)OCCO2)S(=O)(=O)CC. The van der Waals surface area contributed by atoms with E-state index in [1.54, 1.807) is 49.4 Å². The van der Waals surface area contributed by atoms with Crippen LogP contribution in [0.4, 0.5) is 5.69 Å². The molecule has 0 aliphatic carbocycles. The van der Waals surface area contributed by atoms with Gasteiger partial charge in [-0.15, -0.1) is 0 Å². The van der Waals surface area contributed by atoms with Crippen LogP contribution in [0.15, 0.2) is 42.5 Å². The number of carbonyl (C=O) groups excluding carboxylic acids is 2. The Labute approximate surface area is 230 Å². The predicted octanol–water partition coefficient (Wildman–Crippen LogP) is 3.99. The quantitative estimate of drug-likeness (QED) is 0.467. The van der Waals surface area contributed by atoms with Gasteiger partial charge in [-0.1, -0.05) is 36.7 Å². The normalized spacial score (nSPS) is 13.9. The van der Waals surface area contributed by atoms with Crippen molar-refractivity contribution < 1.29 is 27.5 Å². The highest BCUT2D eigenvalue weighted by atomic mass is 35.5. The summed E-state index contributed by atoms with van der Waals surface area (Å²) >= 11 is 6.40. The lowest BCUT2D eigenvalue weighted by atomic mass is 10.1. The largest absolute Gasteiger partial charge is 0.486 e. The van der Waals surface area contributed by atoms with Gasteiger partial charge in [-0.25, -0.2) is 8.42 Å². The summed E-state index contributed by atoms with van der Waals surface area (Å²) in [5.74, 6) is -0.176. The Morgan fingerprint density at radius 1 is 1.05 bits per heavy atom. The maximum atomic E-state index is 13.9. The van der Waals surface area contributed by atoms with Crippen molar-refractivity contribution in [1.29, 1.82) is 0 Å². The molecule has 1 aliphatic heterocycles. The summed E-state index contributed by atoms with van der Waals surface area (Å²) < 4.78 is 38.6. The van der Waals surface area contributed by atoms with Crippen molar-refractivity contribution in [2.45, 2.75) is 59.2 Å². The number of hydrogen-bond acceptors (Lipinski definition) is 6. The van der Waals surface area contributed by atoms with Crippen LogP contribution in [0.5, 0.6) is 11.5 Å². The Morgan fingerprint density at radius 2 is 1.71 bits per heavy atom. The van der Waals surface area contributed by atoms with Gasteiger partial charge in [-0.05, 0) is 57.9 Å². The van der Waals surface area contributed by atoms with Crippen molar-refractivity contribution in [2.75, 3.05) is 29.8 Å². The van der Waals surface area contributed by atoms with E-state index in [-0.39, 0.29) is 23.9 Å². The van der Waals surface area contributed by atoms with E-state index in [4.69, 9.17) is 21.1 Å². The lowest BCUT2D eigenvalue weighted by Crippen LogP contribution is -2.55.